The van der Waals surface area contributed by atoms with Crippen LogP contribution in [0, 0.1) is 6.92 Å². The molecule has 0 bridgehead atoms. The van der Waals surface area contributed by atoms with Gasteiger partial charge in [-0.3, -0.25) is 0 Å². The van der Waals surface area contributed by atoms with Gasteiger partial charge < -0.3 is 16.4 Å². The SMILES string of the molecule is CCCCN(C(=O)c1cccc(C)c1)c1cc[c]([Ge+3])cc1.[OH-].[OH-].[OH-]. The van der Waals surface area contributed by atoms with E-state index in [-0.39, 0.29) is 22.3 Å². The Kier molecular flexibility index (Phi) is 12.1. The van der Waals surface area contributed by atoms with Gasteiger partial charge >= 0.3 is 135 Å². The maximum absolute atomic E-state index is 12.8. The van der Waals surface area contributed by atoms with E-state index in [4.69, 9.17) is 0 Å². The number of hydrogen-bond donors (Lipinski definition) is 0. The summed E-state index contributed by atoms with van der Waals surface area (Å²) in [7, 11) is 0. The van der Waals surface area contributed by atoms with Crippen LogP contribution < -0.4 is 9.30 Å². The van der Waals surface area contributed by atoms with Crippen molar-refractivity contribution in [2.24, 2.45) is 0 Å². The largest absolute Gasteiger partial charge is 0.870 e. The number of hydrogen-bond acceptors (Lipinski definition) is 4. The van der Waals surface area contributed by atoms with Crippen molar-refractivity contribution < 1.29 is 21.2 Å². The van der Waals surface area contributed by atoms with E-state index in [1.54, 1.807) is 0 Å². The second kappa shape index (κ2) is 11.8. The van der Waals surface area contributed by atoms with E-state index in [0.717, 1.165) is 36.2 Å². The Morgan fingerprint density at radius 2 is 1.67 bits per heavy atom. The summed E-state index contributed by atoms with van der Waals surface area (Å²) in [4.78, 5) is 14.7. The quantitative estimate of drug-likeness (QED) is 0.731. The molecular formula is C18H23GeNO4. The van der Waals surface area contributed by atoms with Gasteiger partial charge in [-0.15, -0.1) is 0 Å². The number of carbonyl (C=O) groups is 1. The van der Waals surface area contributed by atoms with Gasteiger partial charge in [-0.2, -0.15) is 0 Å². The van der Waals surface area contributed by atoms with Crippen LogP contribution in [0.2, 0.25) is 0 Å². The second-order valence-corrected chi connectivity index (χ2v) is 6.44. The molecule has 5 nitrogen and oxygen atoms in total. The first-order valence-electron chi connectivity index (χ1n) is 7.32. The Labute approximate surface area is 151 Å². The Hall–Kier alpha value is -1.67. The summed E-state index contributed by atoms with van der Waals surface area (Å²) in [6.07, 6.45) is 2.08. The molecular weight excluding hydrogens is 367 g/mol. The minimum atomic E-state index is 0. The molecule has 6 heteroatoms. The van der Waals surface area contributed by atoms with Gasteiger partial charge in [-0.1, -0.05) is 0 Å². The molecule has 0 saturated carbocycles. The molecule has 0 aliphatic rings. The number of anilines is 1. The number of unbranched alkanes of at least 4 members (excludes halogenated alkanes) is 1. The summed E-state index contributed by atoms with van der Waals surface area (Å²) in [6, 6.07) is 16.0. The summed E-state index contributed by atoms with van der Waals surface area (Å²) in [5.74, 6) is 0.0796. The summed E-state index contributed by atoms with van der Waals surface area (Å²) < 4.78 is 1.21. The molecule has 0 aliphatic heterocycles. The molecule has 0 heterocycles. The molecule has 128 valence electrons. The fourth-order valence-corrected chi connectivity index (χ4v) is 2.59. The normalized spacial score (nSPS) is 9.17. The standard InChI is InChI=1S/C18H20GeNO.3H2O/c1-3-4-12-20(17-10-8-16(19)9-11-17)18(21)15-7-5-6-14(2)13-15;;;/h5-11,13H,3-4,12H2,1-2H3;3*1H2/q+3;;;/p-3. The molecule has 0 saturated heterocycles. The van der Waals surface area contributed by atoms with Gasteiger partial charge in [0.1, 0.15) is 0 Å². The third-order valence-corrected chi connectivity index (χ3v) is 4.12. The smallest absolute Gasteiger partial charge is 0.870 e. The molecule has 0 fully saturated rings. The topological polar surface area (TPSA) is 110 Å². The van der Waals surface area contributed by atoms with Gasteiger partial charge in [0.2, 0.25) is 0 Å². The summed E-state index contributed by atoms with van der Waals surface area (Å²) >= 11 is 2.06. The van der Waals surface area contributed by atoms with Gasteiger partial charge in [-0.25, -0.2) is 0 Å². The van der Waals surface area contributed by atoms with E-state index in [1.165, 1.54) is 4.40 Å². The molecule has 3 N–H and O–H groups in total. The van der Waals surface area contributed by atoms with E-state index >= 15 is 0 Å². The van der Waals surface area contributed by atoms with E-state index in [0.29, 0.717) is 0 Å². The fraction of sp³-hybridized carbons (Fsp3) is 0.278. The van der Waals surface area contributed by atoms with Gasteiger partial charge in [0.15, 0.2) is 0 Å². The van der Waals surface area contributed by atoms with E-state index in [2.05, 4.69) is 35.6 Å². The average Bonchev–Trinajstić information content (AvgIpc) is 2.49. The number of carbonyl (C=O) groups excluding carboxylic acids is 1. The zero-order valence-electron chi connectivity index (χ0n) is 13.9. The zero-order chi connectivity index (χ0) is 15.2. The molecule has 0 unspecified atom stereocenters. The van der Waals surface area contributed by atoms with E-state index in [9.17, 15) is 4.79 Å². The Balaban J connectivity index is 0. The first-order chi connectivity index (χ1) is 10.1. The van der Waals surface area contributed by atoms with Crippen LogP contribution in [-0.2, 0) is 0 Å². The predicted molar refractivity (Wildman–Crippen MR) is 95.4 cm³/mol. The van der Waals surface area contributed by atoms with Crippen LogP contribution in [0.5, 0.6) is 0 Å². The van der Waals surface area contributed by atoms with Crippen LogP contribution in [0.1, 0.15) is 35.7 Å². The Bertz CT molecular complexity index is 617. The van der Waals surface area contributed by atoms with Gasteiger partial charge in [0.05, 0.1) is 0 Å². The Morgan fingerprint density at radius 3 is 2.21 bits per heavy atom. The average molecular weight is 390 g/mol. The fourth-order valence-electron chi connectivity index (χ4n) is 2.24. The molecule has 24 heavy (non-hydrogen) atoms. The minimum absolute atomic E-state index is 0. The van der Waals surface area contributed by atoms with Crippen molar-refractivity contribution in [2.45, 2.75) is 26.7 Å². The van der Waals surface area contributed by atoms with Gasteiger partial charge in [0, 0.05) is 0 Å². The maximum atomic E-state index is 12.8. The molecule has 2 aromatic carbocycles. The van der Waals surface area contributed by atoms with Crippen molar-refractivity contribution in [1.29, 1.82) is 0 Å². The number of amides is 1. The molecule has 0 aliphatic carbocycles. The van der Waals surface area contributed by atoms with Crippen LogP contribution in [0.3, 0.4) is 0 Å². The first-order valence-corrected chi connectivity index (χ1v) is 8.37. The number of aryl methyl sites for hydroxylation is 1. The van der Waals surface area contributed by atoms with Crippen LogP contribution >= 0.6 is 0 Å². The van der Waals surface area contributed by atoms with Crippen LogP contribution in [-0.4, -0.2) is 45.4 Å². The van der Waals surface area contributed by atoms with Gasteiger partial charge in [0.25, 0.3) is 0 Å². The van der Waals surface area contributed by atoms with E-state index < -0.39 is 0 Å². The van der Waals surface area contributed by atoms with Crippen LogP contribution in [0.25, 0.3) is 0 Å². The molecule has 0 aromatic heterocycles. The predicted octanol–water partition coefficient (Wildman–Crippen LogP) is 2.71. The molecule has 0 atom stereocenters. The molecule has 0 spiro atoms. The summed E-state index contributed by atoms with van der Waals surface area (Å²) in [6.45, 7) is 4.91. The van der Waals surface area contributed by atoms with Crippen molar-refractivity contribution in [1.82, 2.24) is 0 Å². The van der Waals surface area contributed by atoms with E-state index in [1.807, 2.05) is 48.2 Å². The number of benzene rings is 2. The number of rotatable bonds is 5. The first kappa shape index (κ1) is 24.6. The van der Waals surface area contributed by atoms with Crippen molar-refractivity contribution in [3.05, 3.63) is 59.7 Å². The Morgan fingerprint density at radius 1 is 1.04 bits per heavy atom. The monoisotopic (exact) mass is 391 g/mol. The van der Waals surface area contributed by atoms with Crippen molar-refractivity contribution in [2.75, 3.05) is 11.4 Å². The van der Waals surface area contributed by atoms with Crippen molar-refractivity contribution >= 4 is 32.5 Å². The van der Waals surface area contributed by atoms with Crippen LogP contribution in [0.4, 0.5) is 5.69 Å². The van der Waals surface area contributed by atoms with Crippen molar-refractivity contribution in [3.63, 3.8) is 0 Å². The van der Waals surface area contributed by atoms with Crippen LogP contribution in [0.15, 0.2) is 48.5 Å². The molecule has 0 radical (unpaired) electrons. The summed E-state index contributed by atoms with van der Waals surface area (Å²) in [5, 5.41) is 0. The third kappa shape index (κ3) is 6.45. The second-order valence-electron chi connectivity index (χ2n) is 5.23. The molecule has 1 amide bonds. The van der Waals surface area contributed by atoms with Crippen molar-refractivity contribution in [3.8, 4) is 0 Å². The minimum Gasteiger partial charge on any atom is -0.870 e. The van der Waals surface area contributed by atoms with Gasteiger partial charge in [-0.05, 0) is 0 Å². The molecule has 2 rings (SSSR count). The summed E-state index contributed by atoms with van der Waals surface area (Å²) in [5.41, 5.74) is 2.84. The maximum Gasteiger partial charge on any atom is -0.870 e. The number of nitrogens with zero attached hydrogens (tertiary/aromatic N) is 1. The zero-order valence-corrected chi connectivity index (χ0v) is 16.0. The third-order valence-electron chi connectivity index (χ3n) is 3.42. The molecule has 2 aromatic rings.